The van der Waals surface area contributed by atoms with Crippen LogP contribution in [0.3, 0.4) is 0 Å². The average Bonchev–Trinajstić information content (AvgIpc) is 3.15. The molecule has 0 aliphatic heterocycles. The van der Waals surface area contributed by atoms with Gasteiger partial charge in [-0.15, -0.1) is 11.3 Å². The van der Waals surface area contributed by atoms with Crippen LogP contribution in [0.25, 0.3) is 5.65 Å². The van der Waals surface area contributed by atoms with Crippen molar-refractivity contribution in [2.75, 3.05) is 11.9 Å². The number of anilines is 1. The van der Waals surface area contributed by atoms with Crippen LogP contribution in [0.5, 0.6) is 0 Å². The first-order valence-electron chi connectivity index (χ1n) is 6.97. The molecular weight excluding hydrogens is 316 g/mol. The molecule has 0 saturated carbocycles. The Morgan fingerprint density at radius 3 is 2.87 bits per heavy atom. The van der Waals surface area contributed by atoms with Crippen molar-refractivity contribution >= 4 is 34.0 Å². The van der Waals surface area contributed by atoms with Crippen molar-refractivity contribution in [3.63, 3.8) is 0 Å². The molecular formula is C15H14N4O3S. The maximum absolute atomic E-state index is 12.3. The summed E-state index contributed by atoms with van der Waals surface area (Å²) in [5.41, 5.74) is 2.14. The molecule has 1 amide bonds. The fraction of sp³-hybridized carbons (Fsp3) is 0.200. The molecule has 0 bridgehead atoms. The fourth-order valence-electron chi connectivity index (χ4n) is 2.05. The lowest BCUT2D eigenvalue weighted by Crippen LogP contribution is -2.12. The largest absolute Gasteiger partial charge is 0.461 e. The minimum Gasteiger partial charge on any atom is -0.461 e. The van der Waals surface area contributed by atoms with Crippen LogP contribution < -0.4 is 5.32 Å². The van der Waals surface area contributed by atoms with Gasteiger partial charge in [-0.3, -0.25) is 10.1 Å². The molecule has 3 aromatic heterocycles. The SMILES string of the molecule is CCOC(=O)c1csc(NC(=O)c2cn3c(C)cccc3n2)n1. The van der Waals surface area contributed by atoms with E-state index >= 15 is 0 Å². The van der Waals surface area contributed by atoms with Crippen molar-refractivity contribution in [2.45, 2.75) is 13.8 Å². The van der Waals surface area contributed by atoms with Crippen molar-refractivity contribution in [1.82, 2.24) is 14.4 Å². The standard InChI is InChI=1S/C15H14N4O3S/c1-3-22-14(21)11-8-23-15(17-11)18-13(20)10-7-19-9(2)5-4-6-12(19)16-10/h4-8H,3H2,1-2H3,(H,17,18,20). The number of pyridine rings is 1. The van der Waals surface area contributed by atoms with Gasteiger partial charge in [-0.25, -0.2) is 14.8 Å². The Morgan fingerprint density at radius 1 is 1.30 bits per heavy atom. The van der Waals surface area contributed by atoms with Crippen molar-refractivity contribution in [3.05, 3.63) is 46.9 Å². The second kappa shape index (κ2) is 6.17. The number of amides is 1. The number of aromatic nitrogens is 3. The van der Waals surface area contributed by atoms with Gasteiger partial charge in [0.2, 0.25) is 0 Å². The second-order valence-electron chi connectivity index (χ2n) is 4.73. The van der Waals surface area contributed by atoms with E-state index in [0.29, 0.717) is 10.8 Å². The number of thiazole rings is 1. The van der Waals surface area contributed by atoms with E-state index in [4.69, 9.17) is 4.74 Å². The van der Waals surface area contributed by atoms with E-state index in [-0.39, 0.29) is 23.9 Å². The molecule has 3 aromatic rings. The molecule has 0 aliphatic carbocycles. The maximum Gasteiger partial charge on any atom is 0.357 e. The van der Waals surface area contributed by atoms with Crippen LogP contribution in [-0.2, 0) is 4.74 Å². The van der Waals surface area contributed by atoms with Crippen molar-refractivity contribution in [1.29, 1.82) is 0 Å². The summed E-state index contributed by atoms with van der Waals surface area (Å²) in [6.07, 6.45) is 1.67. The summed E-state index contributed by atoms with van der Waals surface area (Å²) in [5.74, 6) is -0.884. The summed E-state index contributed by atoms with van der Waals surface area (Å²) in [7, 11) is 0. The Bertz CT molecular complexity index is 884. The number of esters is 1. The molecule has 23 heavy (non-hydrogen) atoms. The molecule has 3 rings (SSSR count). The van der Waals surface area contributed by atoms with Crippen LogP contribution in [0, 0.1) is 6.92 Å². The first-order chi connectivity index (χ1) is 11.1. The zero-order valence-corrected chi connectivity index (χ0v) is 13.4. The topological polar surface area (TPSA) is 85.6 Å². The van der Waals surface area contributed by atoms with Gasteiger partial charge < -0.3 is 9.14 Å². The molecule has 1 N–H and O–H groups in total. The lowest BCUT2D eigenvalue weighted by Gasteiger charge is -1.98. The van der Waals surface area contributed by atoms with E-state index in [0.717, 1.165) is 17.0 Å². The Kier molecular flexibility index (Phi) is 4.07. The number of fused-ring (bicyclic) bond motifs is 1. The van der Waals surface area contributed by atoms with E-state index in [1.54, 1.807) is 18.5 Å². The minimum absolute atomic E-state index is 0.179. The number of nitrogens with one attached hydrogen (secondary N) is 1. The molecule has 0 aliphatic rings. The first-order valence-corrected chi connectivity index (χ1v) is 7.85. The molecule has 0 atom stereocenters. The highest BCUT2D eigenvalue weighted by Crippen LogP contribution is 2.17. The smallest absolute Gasteiger partial charge is 0.357 e. The number of nitrogens with zero attached hydrogens (tertiary/aromatic N) is 3. The number of ether oxygens (including phenoxy) is 1. The Hall–Kier alpha value is -2.74. The molecule has 8 heteroatoms. The lowest BCUT2D eigenvalue weighted by molar-refractivity contribution is 0.0520. The van der Waals surface area contributed by atoms with Crippen molar-refractivity contribution in [3.8, 4) is 0 Å². The third kappa shape index (κ3) is 3.07. The van der Waals surface area contributed by atoms with Crippen LogP contribution >= 0.6 is 11.3 Å². The number of carbonyl (C=O) groups is 2. The summed E-state index contributed by atoms with van der Waals surface area (Å²) in [6.45, 7) is 3.93. The van der Waals surface area contributed by atoms with Gasteiger partial charge in [0, 0.05) is 17.3 Å². The first kappa shape index (κ1) is 15.2. The third-order valence-corrected chi connectivity index (χ3v) is 3.90. The predicted octanol–water partition coefficient (Wildman–Crippen LogP) is 2.53. The molecule has 0 spiro atoms. The Morgan fingerprint density at radius 2 is 2.13 bits per heavy atom. The predicted molar refractivity (Wildman–Crippen MR) is 86.0 cm³/mol. The summed E-state index contributed by atoms with van der Waals surface area (Å²) < 4.78 is 6.69. The van der Waals surface area contributed by atoms with E-state index in [1.165, 1.54) is 0 Å². The van der Waals surface area contributed by atoms with E-state index in [1.807, 2.05) is 29.5 Å². The van der Waals surface area contributed by atoms with Crippen LogP contribution in [0.4, 0.5) is 5.13 Å². The highest BCUT2D eigenvalue weighted by atomic mass is 32.1. The Balaban J connectivity index is 1.78. The molecule has 0 fully saturated rings. The van der Waals surface area contributed by atoms with Gasteiger partial charge in [0.05, 0.1) is 6.61 Å². The summed E-state index contributed by atoms with van der Waals surface area (Å²) >= 11 is 1.16. The van der Waals surface area contributed by atoms with E-state index < -0.39 is 5.97 Å². The third-order valence-electron chi connectivity index (χ3n) is 3.14. The van der Waals surface area contributed by atoms with Gasteiger partial charge in [0.25, 0.3) is 5.91 Å². The van der Waals surface area contributed by atoms with Gasteiger partial charge in [-0.2, -0.15) is 0 Å². The molecule has 0 saturated heterocycles. The number of hydrogen-bond donors (Lipinski definition) is 1. The molecule has 7 nitrogen and oxygen atoms in total. The number of aryl methyl sites for hydroxylation is 1. The summed E-state index contributed by atoms with van der Waals surface area (Å²) in [6, 6.07) is 5.64. The van der Waals surface area contributed by atoms with Gasteiger partial charge in [0.1, 0.15) is 11.3 Å². The minimum atomic E-state index is -0.507. The Labute approximate surface area is 135 Å². The maximum atomic E-state index is 12.3. The number of carbonyl (C=O) groups excluding carboxylic acids is 2. The number of hydrogen-bond acceptors (Lipinski definition) is 6. The van der Waals surface area contributed by atoms with Gasteiger partial charge >= 0.3 is 5.97 Å². The van der Waals surface area contributed by atoms with Gasteiger partial charge in [-0.05, 0) is 26.0 Å². The fourth-order valence-corrected chi connectivity index (χ4v) is 2.72. The highest BCUT2D eigenvalue weighted by molar-refractivity contribution is 7.14. The van der Waals surface area contributed by atoms with Crippen LogP contribution in [-0.4, -0.2) is 32.9 Å². The number of rotatable bonds is 4. The molecule has 118 valence electrons. The van der Waals surface area contributed by atoms with Crippen molar-refractivity contribution < 1.29 is 14.3 Å². The summed E-state index contributed by atoms with van der Waals surface area (Å²) in [4.78, 5) is 32.1. The zero-order valence-electron chi connectivity index (χ0n) is 12.6. The number of imidazole rings is 1. The van der Waals surface area contributed by atoms with Crippen LogP contribution in [0.1, 0.15) is 33.6 Å². The monoisotopic (exact) mass is 330 g/mol. The summed E-state index contributed by atoms with van der Waals surface area (Å²) in [5, 5.41) is 4.51. The molecule has 0 unspecified atom stereocenters. The van der Waals surface area contributed by atoms with Gasteiger partial charge in [-0.1, -0.05) is 6.07 Å². The molecule has 3 heterocycles. The lowest BCUT2D eigenvalue weighted by atomic mass is 10.4. The zero-order chi connectivity index (χ0) is 16.4. The van der Waals surface area contributed by atoms with Gasteiger partial charge in [0.15, 0.2) is 10.8 Å². The molecule has 0 aromatic carbocycles. The quantitative estimate of drug-likeness (QED) is 0.743. The van der Waals surface area contributed by atoms with E-state index in [9.17, 15) is 9.59 Å². The second-order valence-corrected chi connectivity index (χ2v) is 5.59. The van der Waals surface area contributed by atoms with Crippen LogP contribution in [0.2, 0.25) is 0 Å². The normalized spacial score (nSPS) is 10.7. The van der Waals surface area contributed by atoms with Crippen molar-refractivity contribution in [2.24, 2.45) is 0 Å². The highest BCUT2D eigenvalue weighted by Gasteiger charge is 2.16. The van der Waals surface area contributed by atoms with E-state index in [2.05, 4.69) is 15.3 Å². The van der Waals surface area contributed by atoms with Crippen LogP contribution in [0.15, 0.2) is 29.8 Å². The molecule has 0 radical (unpaired) electrons. The average molecular weight is 330 g/mol.